The van der Waals surface area contributed by atoms with Crippen molar-refractivity contribution in [3.8, 4) is 12.0 Å². The number of ether oxygens (including phenoxy) is 1. The maximum atomic E-state index is 12.7. The van der Waals surface area contributed by atoms with Crippen molar-refractivity contribution >= 4 is 29.2 Å². The molecule has 29 heavy (non-hydrogen) atoms. The molecular formula is C21H18ClN3O4. The van der Waals surface area contributed by atoms with Gasteiger partial charge in [0.15, 0.2) is 6.10 Å². The lowest BCUT2D eigenvalue weighted by molar-refractivity contribution is -0.123. The summed E-state index contributed by atoms with van der Waals surface area (Å²) < 4.78 is 12.5. The largest absolute Gasteiger partial charge is 0.449 e. The Bertz CT molecular complexity index is 1110. The molecule has 3 aromatic rings. The van der Waals surface area contributed by atoms with Crippen molar-refractivity contribution in [3.63, 3.8) is 0 Å². The Morgan fingerprint density at radius 2 is 1.93 bits per heavy atom. The Morgan fingerprint density at radius 3 is 2.59 bits per heavy atom. The number of nitriles is 1. The van der Waals surface area contributed by atoms with E-state index in [1.165, 1.54) is 6.92 Å². The highest BCUT2D eigenvalue weighted by Gasteiger charge is 2.28. The van der Waals surface area contributed by atoms with E-state index in [9.17, 15) is 14.9 Å². The molecule has 1 atom stereocenters. The summed E-state index contributed by atoms with van der Waals surface area (Å²) in [5, 5.41) is 12.7. The Morgan fingerprint density at radius 1 is 1.24 bits per heavy atom. The second-order valence-corrected chi connectivity index (χ2v) is 6.77. The van der Waals surface area contributed by atoms with Crippen molar-refractivity contribution in [2.24, 2.45) is 0 Å². The lowest BCUT2D eigenvalue weighted by Crippen LogP contribution is -2.30. The van der Waals surface area contributed by atoms with Crippen LogP contribution in [-0.2, 0) is 9.53 Å². The van der Waals surface area contributed by atoms with E-state index in [-0.39, 0.29) is 22.8 Å². The first kappa shape index (κ1) is 20.2. The zero-order valence-electron chi connectivity index (χ0n) is 16.0. The minimum Gasteiger partial charge on any atom is -0.449 e. The Balaban J connectivity index is 1.79. The highest BCUT2D eigenvalue weighted by Crippen LogP contribution is 2.27. The molecule has 0 aliphatic heterocycles. The SMILES string of the molecule is Cc1oc(-n2cccc2)c(C#N)c1C(=O)O[C@H](C)C(=O)Nc1cccc(Cl)c1C. The van der Waals surface area contributed by atoms with Gasteiger partial charge in [0.1, 0.15) is 23.0 Å². The molecule has 7 nitrogen and oxygen atoms in total. The number of aryl methyl sites for hydroxylation is 1. The van der Waals surface area contributed by atoms with Crippen LogP contribution in [0.4, 0.5) is 5.69 Å². The quantitative estimate of drug-likeness (QED) is 0.627. The summed E-state index contributed by atoms with van der Waals surface area (Å²) in [6, 6.07) is 10.6. The van der Waals surface area contributed by atoms with E-state index in [2.05, 4.69) is 5.32 Å². The molecule has 2 heterocycles. The molecule has 8 heteroatoms. The third kappa shape index (κ3) is 4.03. The second kappa shape index (κ2) is 8.25. The topological polar surface area (TPSA) is 97.3 Å². The first-order valence-electron chi connectivity index (χ1n) is 8.77. The summed E-state index contributed by atoms with van der Waals surface area (Å²) >= 11 is 6.06. The van der Waals surface area contributed by atoms with Crippen LogP contribution in [0.25, 0.3) is 5.88 Å². The Hall–Kier alpha value is -3.50. The number of esters is 1. The number of hydrogen-bond acceptors (Lipinski definition) is 5. The normalized spacial score (nSPS) is 11.6. The molecule has 0 unspecified atom stereocenters. The third-order valence-electron chi connectivity index (χ3n) is 4.40. The van der Waals surface area contributed by atoms with Gasteiger partial charge in [0.25, 0.3) is 5.91 Å². The summed E-state index contributed by atoms with van der Waals surface area (Å²) in [5.74, 6) is -0.886. The van der Waals surface area contributed by atoms with Gasteiger partial charge in [-0.2, -0.15) is 5.26 Å². The van der Waals surface area contributed by atoms with E-state index in [1.54, 1.807) is 61.1 Å². The molecule has 0 saturated heterocycles. The van der Waals surface area contributed by atoms with Crippen LogP contribution >= 0.6 is 11.6 Å². The fourth-order valence-corrected chi connectivity index (χ4v) is 2.96. The molecule has 0 aliphatic carbocycles. The molecule has 0 fully saturated rings. The van der Waals surface area contributed by atoms with Crippen molar-refractivity contribution in [3.05, 3.63) is 70.2 Å². The molecule has 1 N–H and O–H groups in total. The number of rotatable bonds is 5. The number of aromatic nitrogens is 1. The molecule has 1 amide bonds. The van der Waals surface area contributed by atoms with Crippen molar-refractivity contribution in [2.45, 2.75) is 26.9 Å². The number of halogens is 1. The molecule has 0 bridgehead atoms. The molecule has 0 spiro atoms. The van der Waals surface area contributed by atoms with Crippen molar-refractivity contribution in [1.29, 1.82) is 5.26 Å². The van der Waals surface area contributed by atoms with Gasteiger partial charge in [0.05, 0.1) is 0 Å². The fourth-order valence-electron chi connectivity index (χ4n) is 2.78. The number of anilines is 1. The minimum atomic E-state index is -1.10. The van der Waals surface area contributed by atoms with Crippen LogP contribution in [-0.4, -0.2) is 22.5 Å². The molecular weight excluding hydrogens is 394 g/mol. The van der Waals surface area contributed by atoms with E-state index >= 15 is 0 Å². The van der Waals surface area contributed by atoms with Crippen LogP contribution in [0.1, 0.15) is 34.2 Å². The first-order valence-corrected chi connectivity index (χ1v) is 9.15. The summed E-state index contributed by atoms with van der Waals surface area (Å²) in [6.07, 6.45) is 2.28. The van der Waals surface area contributed by atoms with Crippen molar-refractivity contribution in [1.82, 2.24) is 4.57 Å². The molecule has 1 aromatic carbocycles. The number of amides is 1. The lowest BCUT2D eigenvalue weighted by atomic mass is 10.1. The van der Waals surface area contributed by atoms with Crippen molar-refractivity contribution in [2.75, 3.05) is 5.32 Å². The smallest absolute Gasteiger partial charge is 0.343 e. The predicted octanol–water partition coefficient (Wildman–Crippen LogP) is 4.40. The van der Waals surface area contributed by atoms with Crippen LogP contribution in [0.5, 0.6) is 0 Å². The molecule has 0 saturated carbocycles. The number of carbonyl (C=O) groups excluding carboxylic acids is 2. The Kier molecular flexibility index (Phi) is 5.76. The van der Waals surface area contributed by atoms with Gasteiger partial charge in [-0.15, -0.1) is 0 Å². The van der Waals surface area contributed by atoms with Crippen LogP contribution in [0, 0.1) is 25.2 Å². The van der Waals surface area contributed by atoms with E-state index in [0.717, 1.165) is 0 Å². The monoisotopic (exact) mass is 411 g/mol. The number of hydrogen-bond donors (Lipinski definition) is 1. The standard InChI is InChI=1S/C21H18ClN3O4/c1-12-16(22)7-6-8-17(12)24-19(26)14(3)29-21(27)18-13(2)28-20(15(18)11-23)25-9-4-5-10-25/h4-10,14H,1-3H3,(H,24,26)/t14-/m1/s1. The number of carbonyl (C=O) groups is 2. The lowest BCUT2D eigenvalue weighted by Gasteiger charge is -2.15. The van der Waals surface area contributed by atoms with E-state index in [0.29, 0.717) is 16.3 Å². The highest BCUT2D eigenvalue weighted by atomic mass is 35.5. The second-order valence-electron chi connectivity index (χ2n) is 6.36. The Labute approximate surface area is 172 Å². The zero-order valence-corrected chi connectivity index (χ0v) is 16.8. The van der Waals surface area contributed by atoms with Crippen LogP contribution in [0.3, 0.4) is 0 Å². The zero-order chi connectivity index (χ0) is 21.1. The molecule has 0 aliphatic rings. The van der Waals surface area contributed by atoms with Crippen LogP contribution in [0.15, 0.2) is 47.1 Å². The number of benzene rings is 1. The fraction of sp³-hybridized carbons (Fsp3) is 0.190. The first-order chi connectivity index (χ1) is 13.8. The van der Waals surface area contributed by atoms with E-state index in [1.807, 2.05) is 6.07 Å². The van der Waals surface area contributed by atoms with E-state index in [4.69, 9.17) is 20.8 Å². The van der Waals surface area contributed by atoms with Gasteiger partial charge in [0.2, 0.25) is 5.88 Å². The maximum Gasteiger partial charge on any atom is 0.343 e. The number of furan rings is 1. The average molecular weight is 412 g/mol. The summed E-state index contributed by atoms with van der Waals surface area (Å²) in [7, 11) is 0. The van der Waals surface area contributed by atoms with Gasteiger partial charge in [-0.05, 0) is 50.6 Å². The summed E-state index contributed by atoms with van der Waals surface area (Å²) in [4.78, 5) is 25.1. The van der Waals surface area contributed by atoms with Crippen LogP contribution < -0.4 is 5.32 Å². The third-order valence-corrected chi connectivity index (χ3v) is 4.81. The summed E-state index contributed by atoms with van der Waals surface area (Å²) in [6.45, 7) is 4.78. The van der Waals surface area contributed by atoms with Crippen LogP contribution in [0.2, 0.25) is 5.02 Å². The van der Waals surface area contributed by atoms with Gasteiger partial charge in [0, 0.05) is 23.1 Å². The highest BCUT2D eigenvalue weighted by molar-refractivity contribution is 6.31. The number of nitrogens with one attached hydrogen (secondary N) is 1. The summed E-state index contributed by atoms with van der Waals surface area (Å²) in [5.41, 5.74) is 1.27. The average Bonchev–Trinajstić information content (AvgIpc) is 3.32. The molecule has 148 valence electrons. The van der Waals surface area contributed by atoms with Gasteiger partial charge in [-0.25, -0.2) is 4.79 Å². The van der Waals surface area contributed by atoms with Gasteiger partial charge in [-0.3, -0.25) is 9.36 Å². The number of nitrogens with zero attached hydrogens (tertiary/aromatic N) is 2. The van der Waals surface area contributed by atoms with E-state index < -0.39 is 18.0 Å². The predicted molar refractivity (Wildman–Crippen MR) is 107 cm³/mol. The van der Waals surface area contributed by atoms with Gasteiger partial charge < -0.3 is 14.5 Å². The van der Waals surface area contributed by atoms with Gasteiger partial charge >= 0.3 is 5.97 Å². The maximum absolute atomic E-state index is 12.7. The minimum absolute atomic E-state index is 0.00483. The molecule has 3 rings (SSSR count). The van der Waals surface area contributed by atoms with Crippen molar-refractivity contribution < 1.29 is 18.7 Å². The van der Waals surface area contributed by atoms with Gasteiger partial charge in [-0.1, -0.05) is 17.7 Å². The molecule has 2 aromatic heterocycles. The molecule has 0 radical (unpaired) electrons.